The van der Waals surface area contributed by atoms with Crippen molar-refractivity contribution in [1.82, 2.24) is 9.97 Å². The average molecular weight is 407 g/mol. The maximum absolute atomic E-state index is 13.6. The standard InChI is InChI=1S/C18H16ClFN4O2S/c1-10-8-12(20)9-11(2)17(10)18-13(19)6-7-15(23-18)24-27(25,26)16-5-3-4-14(21)22-16/h3-9H,1-2H3,(H2,21,22)(H,23,24). The molecular formula is C18H16ClFN4O2S. The number of nitrogens with one attached hydrogen (secondary N) is 1. The zero-order valence-corrected chi connectivity index (χ0v) is 16.1. The molecule has 0 unspecified atom stereocenters. The van der Waals surface area contributed by atoms with Gasteiger partial charge < -0.3 is 5.73 Å². The molecule has 0 amide bonds. The smallest absolute Gasteiger partial charge is 0.280 e. The number of sulfonamides is 1. The van der Waals surface area contributed by atoms with Crippen molar-refractivity contribution in [2.24, 2.45) is 0 Å². The molecule has 3 rings (SSSR count). The highest BCUT2D eigenvalue weighted by molar-refractivity contribution is 7.92. The van der Waals surface area contributed by atoms with Crippen LogP contribution in [-0.4, -0.2) is 18.4 Å². The van der Waals surface area contributed by atoms with Gasteiger partial charge in [0.15, 0.2) is 5.03 Å². The topological polar surface area (TPSA) is 98.0 Å². The Morgan fingerprint density at radius 2 is 1.74 bits per heavy atom. The molecule has 27 heavy (non-hydrogen) atoms. The molecule has 3 aromatic rings. The van der Waals surface area contributed by atoms with Crippen LogP contribution in [0.2, 0.25) is 5.02 Å². The third-order valence-corrected chi connectivity index (χ3v) is 5.40. The molecule has 0 aliphatic heterocycles. The molecule has 0 saturated heterocycles. The van der Waals surface area contributed by atoms with Crippen LogP contribution in [0.3, 0.4) is 0 Å². The van der Waals surface area contributed by atoms with Crippen LogP contribution < -0.4 is 10.5 Å². The first-order valence-electron chi connectivity index (χ1n) is 7.86. The van der Waals surface area contributed by atoms with Crippen LogP contribution in [0.25, 0.3) is 11.3 Å². The highest BCUT2D eigenvalue weighted by Gasteiger charge is 2.19. The second-order valence-electron chi connectivity index (χ2n) is 5.95. The largest absolute Gasteiger partial charge is 0.384 e. The minimum atomic E-state index is -3.98. The molecule has 0 bridgehead atoms. The quantitative estimate of drug-likeness (QED) is 0.683. The van der Waals surface area contributed by atoms with E-state index in [1.54, 1.807) is 13.8 Å². The molecule has 0 atom stereocenters. The average Bonchev–Trinajstić information content (AvgIpc) is 2.56. The van der Waals surface area contributed by atoms with E-state index < -0.39 is 10.0 Å². The third-order valence-electron chi connectivity index (χ3n) is 3.84. The molecule has 140 valence electrons. The summed E-state index contributed by atoms with van der Waals surface area (Å²) in [6.45, 7) is 3.47. The predicted octanol–water partition coefficient (Wildman–Crippen LogP) is 3.94. The fourth-order valence-corrected chi connectivity index (χ4v) is 3.91. The van der Waals surface area contributed by atoms with Gasteiger partial charge in [0.05, 0.1) is 10.7 Å². The first kappa shape index (κ1) is 19.1. The lowest BCUT2D eigenvalue weighted by Gasteiger charge is -2.13. The van der Waals surface area contributed by atoms with Crippen molar-refractivity contribution < 1.29 is 12.8 Å². The summed E-state index contributed by atoms with van der Waals surface area (Å²) in [5, 5.41) is 0.0905. The Hall–Kier alpha value is -2.71. The fraction of sp³-hybridized carbons (Fsp3) is 0.111. The maximum Gasteiger partial charge on any atom is 0.280 e. The highest BCUT2D eigenvalue weighted by Crippen LogP contribution is 2.33. The van der Waals surface area contributed by atoms with E-state index in [0.717, 1.165) is 0 Å². The van der Waals surface area contributed by atoms with Gasteiger partial charge in [-0.25, -0.2) is 14.4 Å². The van der Waals surface area contributed by atoms with Crippen LogP contribution >= 0.6 is 11.6 Å². The SMILES string of the molecule is Cc1cc(F)cc(C)c1-c1nc(NS(=O)(=O)c2cccc(N)n2)ccc1Cl. The van der Waals surface area contributed by atoms with Gasteiger partial charge in [-0.3, -0.25) is 4.72 Å². The number of nitrogens with two attached hydrogens (primary N) is 1. The molecule has 0 fully saturated rings. The Morgan fingerprint density at radius 1 is 1.07 bits per heavy atom. The number of nitrogens with zero attached hydrogens (tertiary/aromatic N) is 2. The number of rotatable bonds is 4. The maximum atomic E-state index is 13.6. The summed E-state index contributed by atoms with van der Waals surface area (Å²) in [7, 11) is -3.98. The van der Waals surface area contributed by atoms with Gasteiger partial charge in [-0.2, -0.15) is 8.42 Å². The van der Waals surface area contributed by atoms with Crippen molar-refractivity contribution >= 4 is 33.3 Å². The van der Waals surface area contributed by atoms with Gasteiger partial charge in [-0.1, -0.05) is 17.7 Å². The zero-order valence-electron chi connectivity index (χ0n) is 14.5. The molecule has 9 heteroatoms. The van der Waals surface area contributed by atoms with Gasteiger partial charge in [0, 0.05) is 5.56 Å². The Bertz CT molecular complexity index is 1110. The Labute approximate surface area is 161 Å². The van der Waals surface area contributed by atoms with Crippen LogP contribution in [0.4, 0.5) is 16.0 Å². The van der Waals surface area contributed by atoms with Crippen LogP contribution in [0.1, 0.15) is 11.1 Å². The summed E-state index contributed by atoms with van der Waals surface area (Å²) in [4.78, 5) is 8.13. The van der Waals surface area contributed by atoms with E-state index in [0.29, 0.717) is 27.4 Å². The monoisotopic (exact) mass is 406 g/mol. The first-order chi connectivity index (χ1) is 12.7. The van der Waals surface area contributed by atoms with E-state index >= 15 is 0 Å². The fourth-order valence-electron chi connectivity index (χ4n) is 2.73. The van der Waals surface area contributed by atoms with Gasteiger partial charge in [-0.05, 0) is 61.4 Å². The van der Waals surface area contributed by atoms with Crippen LogP contribution in [0, 0.1) is 19.7 Å². The lowest BCUT2D eigenvalue weighted by molar-refractivity contribution is 0.597. The Balaban J connectivity index is 2.04. The number of aryl methyl sites for hydroxylation is 2. The lowest BCUT2D eigenvalue weighted by Crippen LogP contribution is -2.16. The van der Waals surface area contributed by atoms with E-state index in [9.17, 15) is 12.8 Å². The van der Waals surface area contributed by atoms with E-state index in [1.807, 2.05) is 0 Å². The molecule has 1 aromatic carbocycles. The molecule has 0 spiro atoms. The number of nitrogen functional groups attached to an aromatic ring is 1. The van der Waals surface area contributed by atoms with Crippen molar-refractivity contribution in [3.8, 4) is 11.3 Å². The summed E-state index contributed by atoms with van der Waals surface area (Å²) in [5.41, 5.74) is 7.82. The number of hydrogen-bond acceptors (Lipinski definition) is 5. The summed E-state index contributed by atoms with van der Waals surface area (Å²) in [5.74, 6) is -0.226. The van der Waals surface area contributed by atoms with Crippen molar-refractivity contribution in [1.29, 1.82) is 0 Å². The molecule has 0 saturated carbocycles. The lowest BCUT2D eigenvalue weighted by atomic mass is 9.99. The van der Waals surface area contributed by atoms with Gasteiger partial charge in [0.25, 0.3) is 10.0 Å². The molecule has 0 aliphatic carbocycles. The van der Waals surface area contributed by atoms with Crippen LogP contribution in [-0.2, 0) is 10.0 Å². The Kier molecular flexibility index (Phi) is 5.03. The summed E-state index contributed by atoms with van der Waals surface area (Å²) in [6, 6.07) is 9.99. The van der Waals surface area contributed by atoms with Gasteiger partial charge in [0.1, 0.15) is 17.5 Å². The molecule has 3 N–H and O–H groups in total. The van der Waals surface area contributed by atoms with E-state index in [2.05, 4.69) is 14.7 Å². The van der Waals surface area contributed by atoms with E-state index in [-0.39, 0.29) is 22.5 Å². The van der Waals surface area contributed by atoms with Crippen molar-refractivity contribution in [3.63, 3.8) is 0 Å². The van der Waals surface area contributed by atoms with Gasteiger partial charge >= 0.3 is 0 Å². The minimum Gasteiger partial charge on any atom is -0.384 e. The van der Waals surface area contributed by atoms with Gasteiger partial charge in [0.2, 0.25) is 0 Å². The molecule has 2 heterocycles. The minimum absolute atomic E-state index is 0.0572. The van der Waals surface area contributed by atoms with Crippen molar-refractivity contribution in [2.45, 2.75) is 18.9 Å². The van der Waals surface area contributed by atoms with E-state index in [4.69, 9.17) is 17.3 Å². The van der Waals surface area contributed by atoms with Gasteiger partial charge in [-0.15, -0.1) is 0 Å². The summed E-state index contributed by atoms with van der Waals surface area (Å²) in [6.07, 6.45) is 0. The zero-order chi connectivity index (χ0) is 19.8. The van der Waals surface area contributed by atoms with Crippen LogP contribution in [0.5, 0.6) is 0 Å². The number of aromatic nitrogens is 2. The second kappa shape index (κ2) is 7.13. The molecular weight excluding hydrogens is 391 g/mol. The second-order valence-corrected chi connectivity index (χ2v) is 7.98. The number of hydrogen-bond donors (Lipinski definition) is 2. The first-order valence-corrected chi connectivity index (χ1v) is 9.72. The molecule has 0 aliphatic rings. The summed E-state index contributed by atoms with van der Waals surface area (Å²) >= 11 is 6.26. The van der Waals surface area contributed by atoms with Crippen molar-refractivity contribution in [3.05, 3.63) is 64.4 Å². The normalized spacial score (nSPS) is 11.4. The number of anilines is 2. The number of benzene rings is 1. The van der Waals surface area contributed by atoms with Crippen molar-refractivity contribution in [2.75, 3.05) is 10.5 Å². The summed E-state index contributed by atoms with van der Waals surface area (Å²) < 4.78 is 41.0. The number of pyridine rings is 2. The van der Waals surface area contributed by atoms with E-state index in [1.165, 1.54) is 42.5 Å². The highest BCUT2D eigenvalue weighted by atomic mass is 35.5. The van der Waals surface area contributed by atoms with Crippen LogP contribution in [0.15, 0.2) is 47.5 Å². The third kappa shape index (κ3) is 4.01. The molecule has 2 aromatic heterocycles. The number of halogens is 2. The Morgan fingerprint density at radius 3 is 2.37 bits per heavy atom. The molecule has 6 nitrogen and oxygen atoms in total. The predicted molar refractivity (Wildman–Crippen MR) is 104 cm³/mol. The molecule has 0 radical (unpaired) electrons.